The molecule has 16 heteroatoms. The minimum Gasteiger partial charge on any atom is -0.490 e. The lowest BCUT2D eigenvalue weighted by molar-refractivity contribution is -0.139. The first-order valence-corrected chi connectivity index (χ1v) is 12.4. The van der Waals surface area contributed by atoms with Gasteiger partial charge in [-0.25, -0.2) is 23.5 Å². The Bertz CT molecular complexity index is 1560. The molecule has 0 fully saturated rings. The molecule has 0 saturated carbocycles. The van der Waals surface area contributed by atoms with Crippen molar-refractivity contribution in [2.24, 2.45) is 7.05 Å². The Kier molecular flexibility index (Phi) is 7.41. The molecule has 0 aliphatic carbocycles. The number of hydrogen-bond donors (Lipinski definition) is 1. The number of nitrogens with zero attached hydrogens (tertiary/aromatic N) is 4. The van der Waals surface area contributed by atoms with E-state index in [4.69, 9.17) is 27.9 Å². The monoisotopic (exact) mass is 579 g/mol. The van der Waals surface area contributed by atoms with Crippen LogP contribution in [0.5, 0.6) is 5.75 Å². The number of thiazole rings is 2. The number of alkyl halides is 3. The third kappa shape index (κ3) is 5.72. The zero-order valence-corrected chi connectivity index (χ0v) is 21.2. The molecule has 9 nitrogen and oxygen atoms in total. The summed E-state index contributed by atoms with van der Waals surface area (Å²) in [7, 11) is 1.29. The molecule has 1 aromatic carbocycles. The Morgan fingerprint density at radius 2 is 1.83 bits per heavy atom. The second kappa shape index (κ2) is 10.2. The third-order valence-electron chi connectivity index (χ3n) is 4.75. The van der Waals surface area contributed by atoms with Crippen LogP contribution in [0.4, 0.5) is 18.3 Å². The molecule has 0 aliphatic rings. The van der Waals surface area contributed by atoms with Crippen molar-refractivity contribution in [3.8, 4) is 17.0 Å². The van der Waals surface area contributed by atoms with Crippen molar-refractivity contribution in [1.29, 1.82) is 0 Å². The highest BCUT2D eigenvalue weighted by Gasteiger charge is 2.27. The van der Waals surface area contributed by atoms with Crippen molar-refractivity contribution in [2.45, 2.75) is 19.0 Å². The first kappa shape index (κ1) is 26.1. The molecular weight excluding hydrogens is 566 g/mol. The summed E-state index contributed by atoms with van der Waals surface area (Å²) in [4.78, 5) is 44.9. The van der Waals surface area contributed by atoms with Crippen LogP contribution in [-0.4, -0.2) is 37.6 Å². The van der Waals surface area contributed by atoms with E-state index in [1.807, 2.05) is 0 Å². The number of anilines is 1. The Hall–Kier alpha value is -2.94. The Labute approximate surface area is 217 Å². The molecule has 4 aromatic rings. The second-order valence-corrected chi connectivity index (χ2v) is 9.84. The lowest BCUT2D eigenvalue weighted by atomic mass is 10.1. The summed E-state index contributed by atoms with van der Waals surface area (Å²) in [5, 5.41) is 6.11. The second-order valence-electron chi connectivity index (χ2n) is 7.33. The van der Waals surface area contributed by atoms with Crippen LogP contribution in [-0.2, 0) is 18.3 Å². The van der Waals surface area contributed by atoms with Gasteiger partial charge < -0.3 is 10.1 Å². The van der Waals surface area contributed by atoms with Gasteiger partial charge in [-0.1, -0.05) is 23.2 Å². The van der Waals surface area contributed by atoms with Crippen molar-refractivity contribution in [3.05, 3.63) is 59.6 Å². The molecule has 1 N–H and O–H groups in total. The molecular formula is C20H14Cl2F3N5O4S2. The highest BCUT2D eigenvalue weighted by Crippen LogP contribution is 2.38. The predicted molar refractivity (Wildman–Crippen MR) is 131 cm³/mol. The number of ether oxygens (including phenoxy) is 1. The predicted octanol–water partition coefficient (Wildman–Crippen LogP) is 4.40. The van der Waals surface area contributed by atoms with E-state index >= 15 is 0 Å². The zero-order valence-electron chi connectivity index (χ0n) is 18.1. The lowest BCUT2D eigenvalue weighted by Gasteiger charge is -2.12. The van der Waals surface area contributed by atoms with Crippen LogP contribution >= 0.6 is 45.9 Å². The molecule has 1 amide bonds. The SMILES string of the molecule is Cn1c(=O)nc2scc(CC(=O)Nc3nc(-c4cc(Cl)c(OCCC(F)(F)F)c(Cl)c4)cs3)n2c1=O. The fraction of sp³-hybridized carbons (Fsp3) is 0.250. The van der Waals surface area contributed by atoms with E-state index in [1.165, 1.54) is 23.6 Å². The van der Waals surface area contributed by atoms with E-state index < -0.39 is 36.5 Å². The summed E-state index contributed by atoms with van der Waals surface area (Å²) in [5.41, 5.74) is -0.0545. The maximum Gasteiger partial charge on any atom is 0.392 e. The lowest BCUT2D eigenvalue weighted by Crippen LogP contribution is -2.37. The van der Waals surface area contributed by atoms with Gasteiger partial charge in [0.15, 0.2) is 10.9 Å². The maximum atomic E-state index is 12.6. The number of rotatable bonds is 7. The Balaban J connectivity index is 1.46. The quantitative estimate of drug-likeness (QED) is 0.348. The van der Waals surface area contributed by atoms with Crippen molar-refractivity contribution in [2.75, 3.05) is 11.9 Å². The minimum absolute atomic E-state index is 0.0102. The van der Waals surface area contributed by atoms with Gasteiger partial charge in [0.25, 0.3) is 0 Å². The molecule has 3 aromatic heterocycles. The first-order chi connectivity index (χ1) is 16.9. The van der Waals surface area contributed by atoms with Gasteiger partial charge in [-0.2, -0.15) is 18.2 Å². The van der Waals surface area contributed by atoms with E-state index in [9.17, 15) is 27.6 Å². The van der Waals surface area contributed by atoms with Crippen LogP contribution in [0.2, 0.25) is 10.0 Å². The van der Waals surface area contributed by atoms with Gasteiger partial charge in [-0.05, 0) is 12.1 Å². The normalized spacial score (nSPS) is 11.7. The van der Waals surface area contributed by atoms with Crippen molar-refractivity contribution in [3.63, 3.8) is 0 Å². The van der Waals surface area contributed by atoms with Gasteiger partial charge in [0.05, 0.1) is 35.2 Å². The van der Waals surface area contributed by atoms with Crippen LogP contribution in [0.15, 0.2) is 32.5 Å². The van der Waals surface area contributed by atoms with Crippen LogP contribution in [0.1, 0.15) is 12.1 Å². The number of aromatic nitrogens is 4. The Morgan fingerprint density at radius 1 is 1.14 bits per heavy atom. The Morgan fingerprint density at radius 3 is 2.50 bits per heavy atom. The van der Waals surface area contributed by atoms with Crippen molar-refractivity contribution in [1.82, 2.24) is 18.9 Å². The average Bonchev–Trinajstić information content (AvgIpc) is 3.40. The van der Waals surface area contributed by atoms with Gasteiger partial charge >= 0.3 is 17.6 Å². The molecule has 0 aliphatic heterocycles. The average molecular weight is 580 g/mol. The van der Waals surface area contributed by atoms with E-state index in [-0.39, 0.29) is 32.3 Å². The molecule has 0 atom stereocenters. The largest absolute Gasteiger partial charge is 0.490 e. The van der Waals surface area contributed by atoms with E-state index in [1.54, 1.807) is 10.8 Å². The smallest absolute Gasteiger partial charge is 0.392 e. The highest BCUT2D eigenvalue weighted by molar-refractivity contribution is 7.15. The number of benzene rings is 1. The maximum absolute atomic E-state index is 12.6. The summed E-state index contributed by atoms with van der Waals surface area (Å²) >= 11 is 14.5. The number of carbonyl (C=O) groups is 1. The van der Waals surface area contributed by atoms with E-state index in [2.05, 4.69) is 15.3 Å². The zero-order chi connectivity index (χ0) is 26.2. The van der Waals surface area contributed by atoms with Gasteiger partial charge in [0.2, 0.25) is 10.9 Å². The number of fused-ring (bicyclic) bond motifs is 1. The summed E-state index contributed by atoms with van der Waals surface area (Å²) < 4.78 is 44.2. The van der Waals surface area contributed by atoms with Gasteiger partial charge in [-0.15, -0.1) is 22.7 Å². The topological polar surface area (TPSA) is 108 Å². The molecule has 4 rings (SSSR count). The molecule has 0 bridgehead atoms. The molecule has 0 radical (unpaired) electrons. The number of amides is 1. The van der Waals surface area contributed by atoms with E-state index in [0.29, 0.717) is 17.0 Å². The number of hydrogen-bond acceptors (Lipinski definition) is 8. The molecule has 36 heavy (non-hydrogen) atoms. The standard InChI is InChI=1S/C20H14Cl2F3N5O4S2/c1-29-17(32)28-18-30(19(29)33)10(7-36-18)6-14(31)27-16-26-13(8-35-16)9-4-11(21)15(12(22)5-9)34-3-2-20(23,24)25/h4-5,7-8H,2-3,6H2,1H3,(H,26,27,31). The summed E-state index contributed by atoms with van der Waals surface area (Å²) in [6.45, 7) is -0.632. The number of halogens is 5. The van der Waals surface area contributed by atoms with Gasteiger partial charge in [-0.3, -0.25) is 4.79 Å². The minimum atomic E-state index is -4.37. The van der Waals surface area contributed by atoms with Crippen LogP contribution in [0.3, 0.4) is 0 Å². The molecule has 0 saturated heterocycles. The van der Waals surface area contributed by atoms with Crippen molar-refractivity contribution >= 4 is 61.9 Å². The van der Waals surface area contributed by atoms with Crippen LogP contribution in [0.25, 0.3) is 16.2 Å². The summed E-state index contributed by atoms with van der Waals surface area (Å²) in [5.74, 6) is -0.527. The van der Waals surface area contributed by atoms with Gasteiger partial charge in [0, 0.05) is 29.1 Å². The summed E-state index contributed by atoms with van der Waals surface area (Å²) in [6.07, 6.45) is -5.70. The fourth-order valence-electron chi connectivity index (χ4n) is 3.05. The summed E-state index contributed by atoms with van der Waals surface area (Å²) in [6, 6.07) is 2.89. The third-order valence-corrected chi connectivity index (χ3v) is 6.95. The van der Waals surface area contributed by atoms with Crippen LogP contribution < -0.4 is 21.4 Å². The fourth-order valence-corrected chi connectivity index (χ4v) is 5.24. The van der Waals surface area contributed by atoms with Gasteiger partial charge in [0.1, 0.15) is 0 Å². The molecule has 3 heterocycles. The highest BCUT2D eigenvalue weighted by atomic mass is 35.5. The molecule has 190 valence electrons. The first-order valence-electron chi connectivity index (χ1n) is 9.93. The van der Waals surface area contributed by atoms with Crippen molar-refractivity contribution < 1.29 is 22.7 Å². The molecule has 0 spiro atoms. The number of carbonyl (C=O) groups excluding carboxylic acids is 1. The number of nitrogens with one attached hydrogen (secondary N) is 1. The van der Waals surface area contributed by atoms with E-state index in [0.717, 1.165) is 27.2 Å². The molecule has 0 unspecified atom stereocenters. The van der Waals surface area contributed by atoms with Crippen LogP contribution in [0, 0.1) is 0 Å².